The zero-order chi connectivity index (χ0) is 17.5. The van der Waals surface area contributed by atoms with Crippen LogP contribution in [0.15, 0.2) is 0 Å². The molecule has 0 aromatic heterocycles. The number of amides is 1. The van der Waals surface area contributed by atoms with Crippen LogP contribution in [-0.4, -0.2) is 58.0 Å². The molecule has 0 bridgehead atoms. The van der Waals surface area contributed by atoms with Gasteiger partial charge in [-0.2, -0.15) is 0 Å². The van der Waals surface area contributed by atoms with Crippen molar-refractivity contribution in [2.75, 3.05) is 25.2 Å². The van der Waals surface area contributed by atoms with Crippen LogP contribution in [-0.2, 0) is 24.0 Å². The molecule has 2 aliphatic heterocycles. The molecule has 2 rings (SSSR count). The third-order valence-electron chi connectivity index (χ3n) is 4.53. The summed E-state index contributed by atoms with van der Waals surface area (Å²) in [5, 5.41) is 0. The molecule has 2 fully saturated rings. The fraction of sp³-hybridized carbons (Fsp3) is 0.867. The number of hydrogen-bond donors (Lipinski definition) is 1. The highest BCUT2D eigenvalue weighted by Crippen LogP contribution is 2.44. The predicted octanol–water partition coefficient (Wildman–Crippen LogP) is 2.00. The molecule has 7 nitrogen and oxygen atoms in total. The van der Waals surface area contributed by atoms with E-state index in [1.54, 1.807) is 20.8 Å². The van der Waals surface area contributed by atoms with E-state index in [-0.39, 0.29) is 5.41 Å². The van der Waals surface area contributed by atoms with Gasteiger partial charge in [0.1, 0.15) is 11.6 Å². The van der Waals surface area contributed by atoms with E-state index in [9.17, 15) is 13.8 Å². The predicted molar refractivity (Wildman–Crippen MR) is 85.6 cm³/mol. The summed E-state index contributed by atoms with van der Waals surface area (Å²) < 4.78 is 29.9. The molecule has 0 aliphatic carbocycles. The number of ether oxygens (including phenoxy) is 2. The maximum atomic E-state index is 12.4. The number of hydrogen-bond acceptors (Lipinski definition) is 6. The number of nitrogens with one attached hydrogen (secondary N) is 1. The first-order chi connectivity index (χ1) is 10.5. The van der Waals surface area contributed by atoms with Crippen molar-refractivity contribution in [1.82, 2.24) is 4.90 Å². The van der Waals surface area contributed by atoms with Crippen LogP contribution in [0, 0.1) is 10.2 Å². The molecule has 1 unspecified atom stereocenters. The molecule has 0 aromatic carbocycles. The number of rotatable bonds is 1. The van der Waals surface area contributed by atoms with Gasteiger partial charge in [-0.3, -0.25) is 9.68 Å². The maximum Gasteiger partial charge on any atom is 0.411 e. The monoisotopic (exact) mass is 346 g/mol. The number of nitrogens with zero attached hydrogens (tertiary/aromatic N) is 1. The Morgan fingerprint density at radius 3 is 2.30 bits per heavy atom. The van der Waals surface area contributed by atoms with Crippen LogP contribution < -0.4 is 0 Å². The first-order valence-electron chi connectivity index (χ1n) is 7.79. The molecule has 1 atom stereocenters. The van der Waals surface area contributed by atoms with Crippen molar-refractivity contribution in [2.45, 2.75) is 51.7 Å². The van der Waals surface area contributed by atoms with Gasteiger partial charge in [0.15, 0.2) is 0 Å². The minimum atomic E-state index is -2.51. The van der Waals surface area contributed by atoms with Gasteiger partial charge in [0.25, 0.3) is 0 Å². The van der Waals surface area contributed by atoms with Crippen molar-refractivity contribution in [3.05, 3.63) is 0 Å². The van der Waals surface area contributed by atoms with E-state index in [1.807, 2.05) is 0 Å². The molecular weight excluding hydrogens is 320 g/mol. The van der Waals surface area contributed by atoms with Crippen molar-refractivity contribution in [3.8, 4) is 0 Å². The molecule has 1 N–H and O–H groups in total. The molecular formula is C15H26N2O5S. The van der Waals surface area contributed by atoms with E-state index in [2.05, 4.69) is 0 Å². The molecule has 23 heavy (non-hydrogen) atoms. The number of methoxy groups -OCH3 is 1. The van der Waals surface area contributed by atoms with Crippen LogP contribution in [0.2, 0.25) is 0 Å². The summed E-state index contributed by atoms with van der Waals surface area (Å²) >= 11 is 0. The molecule has 1 spiro atoms. The second-order valence-corrected chi connectivity index (χ2v) is 10.0. The highest BCUT2D eigenvalue weighted by atomic mass is 32.2. The summed E-state index contributed by atoms with van der Waals surface area (Å²) in [5.41, 5.74) is -0.909. The van der Waals surface area contributed by atoms with E-state index < -0.39 is 33.4 Å². The Kier molecular flexibility index (Phi) is 4.67. The maximum absolute atomic E-state index is 12.4. The van der Waals surface area contributed by atoms with E-state index in [0.717, 1.165) is 0 Å². The smallest absolute Gasteiger partial charge is 0.411 e. The molecule has 0 aromatic rings. The lowest BCUT2D eigenvalue weighted by molar-refractivity contribution is -0.145. The molecule has 1 amide bonds. The van der Waals surface area contributed by atoms with Gasteiger partial charge in [0.2, 0.25) is 0 Å². The second kappa shape index (κ2) is 5.96. The van der Waals surface area contributed by atoms with E-state index in [0.29, 0.717) is 37.3 Å². The molecule has 132 valence electrons. The second-order valence-electron chi connectivity index (χ2n) is 7.57. The fourth-order valence-corrected chi connectivity index (χ4v) is 5.00. The van der Waals surface area contributed by atoms with Crippen LogP contribution in [0.1, 0.15) is 40.0 Å². The van der Waals surface area contributed by atoms with Gasteiger partial charge < -0.3 is 9.47 Å². The number of likely N-dealkylation sites (tertiary alicyclic amines) is 1. The lowest BCUT2D eigenvalue weighted by Gasteiger charge is -2.34. The molecule has 2 saturated heterocycles. The first-order valence-corrected chi connectivity index (χ1v) is 9.68. The Hall–Kier alpha value is -1.31. The summed E-state index contributed by atoms with van der Waals surface area (Å²) in [6.07, 6.45) is 1.13. The Bertz CT molecular complexity index is 579. The van der Waals surface area contributed by atoms with Crippen molar-refractivity contribution in [2.24, 2.45) is 5.41 Å². The number of esters is 1. The molecule has 0 radical (unpaired) electrons. The van der Waals surface area contributed by atoms with Crippen LogP contribution in [0.3, 0.4) is 0 Å². The molecule has 0 saturated carbocycles. The zero-order valence-electron chi connectivity index (χ0n) is 14.2. The van der Waals surface area contributed by atoms with Crippen molar-refractivity contribution >= 4 is 21.8 Å². The average molecular weight is 346 g/mol. The van der Waals surface area contributed by atoms with Crippen molar-refractivity contribution in [1.29, 1.82) is 4.78 Å². The summed E-state index contributed by atoms with van der Waals surface area (Å²) in [7, 11) is -1.20. The molecule has 2 aliphatic rings. The van der Waals surface area contributed by atoms with E-state index >= 15 is 0 Å². The molecule has 2 heterocycles. The summed E-state index contributed by atoms with van der Waals surface area (Å²) in [6, 6.07) is -0.672. The molecule has 8 heteroatoms. The van der Waals surface area contributed by atoms with Gasteiger partial charge in [-0.1, -0.05) is 0 Å². The SMILES string of the molecule is COC(=O)C1CC2(CCS(=N)(=O)CC2)CN1C(=O)OC(C)(C)C. The van der Waals surface area contributed by atoms with E-state index in [4.69, 9.17) is 14.3 Å². The topological polar surface area (TPSA) is 96.8 Å². The quantitative estimate of drug-likeness (QED) is 0.732. The Labute approximate surface area is 137 Å². The van der Waals surface area contributed by atoms with Crippen LogP contribution in [0.25, 0.3) is 0 Å². The van der Waals surface area contributed by atoms with Crippen molar-refractivity contribution in [3.63, 3.8) is 0 Å². The lowest BCUT2D eigenvalue weighted by atomic mass is 9.80. The van der Waals surface area contributed by atoms with Crippen LogP contribution >= 0.6 is 0 Å². The summed E-state index contributed by atoms with van der Waals surface area (Å²) in [5.74, 6) is 0.191. The first kappa shape index (κ1) is 18.0. The third-order valence-corrected chi connectivity index (χ3v) is 6.26. The minimum Gasteiger partial charge on any atom is -0.467 e. The number of carbonyl (C=O) groups is 2. The summed E-state index contributed by atoms with van der Waals surface area (Å²) in [6.45, 7) is 5.72. The van der Waals surface area contributed by atoms with Gasteiger partial charge in [-0.25, -0.2) is 13.8 Å². The Morgan fingerprint density at radius 2 is 1.83 bits per heavy atom. The Balaban J connectivity index is 2.19. The van der Waals surface area contributed by atoms with Crippen LogP contribution in [0.5, 0.6) is 0 Å². The van der Waals surface area contributed by atoms with Gasteiger partial charge in [-0.05, 0) is 45.4 Å². The number of carbonyl (C=O) groups excluding carboxylic acids is 2. The van der Waals surface area contributed by atoms with Gasteiger partial charge in [0, 0.05) is 27.8 Å². The summed E-state index contributed by atoms with van der Waals surface area (Å²) in [4.78, 5) is 26.0. The van der Waals surface area contributed by atoms with Crippen molar-refractivity contribution < 1.29 is 23.3 Å². The fourth-order valence-electron chi connectivity index (χ4n) is 3.27. The standard InChI is InChI=1S/C15H26N2O5S/c1-14(2,3)22-13(19)17-10-15(9-11(17)12(18)21-4)5-7-23(16,20)8-6-15/h11,16H,5-10H2,1-4H3. The Morgan fingerprint density at radius 1 is 1.26 bits per heavy atom. The zero-order valence-corrected chi connectivity index (χ0v) is 15.0. The highest BCUT2D eigenvalue weighted by Gasteiger charge is 2.51. The lowest BCUT2D eigenvalue weighted by Crippen LogP contribution is -2.44. The van der Waals surface area contributed by atoms with Gasteiger partial charge in [0.05, 0.1) is 7.11 Å². The average Bonchev–Trinajstić information content (AvgIpc) is 2.80. The van der Waals surface area contributed by atoms with E-state index in [1.165, 1.54) is 12.0 Å². The van der Waals surface area contributed by atoms with Gasteiger partial charge >= 0.3 is 12.1 Å². The normalized spacial score (nSPS) is 34.4. The highest BCUT2D eigenvalue weighted by molar-refractivity contribution is 7.92. The van der Waals surface area contributed by atoms with Gasteiger partial charge in [-0.15, -0.1) is 0 Å². The largest absolute Gasteiger partial charge is 0.467 e. The third kappa shape index (κ3) is 4.16. The van der Waals surface area contributed by atoms with Crippen LogP contribution in [0.4, 0.5) is 4.79 Å². The minimum absolute atomic E-state index is 0.266.